The number of nitrogens with zero attached hydrogens (tertiary/aromatic N) is 2. The van der Waals surface area contributed by atoms with Crippen molar-refractivity contribution in [2.45, 2.75) is 0 Å². The minimum absolute atomic E-state index is 0.447. The van der Waals surface area contributed by atoms with Gasteiger partial charge in [-0.3, -0.25) is 4.98 Å². The Bertz CT molecular complexity index is 882. The lowest BCUT2D eigenvalue weighted by Gasteiger charge is -2.12. The maximum Gasteiger partial charge on any atom is 0.178 e. The molecule has 0 aliphatic rings. The second-order valence-electron chi connectivity index (χ2n) is 4.78. The summed E-state index contributed by atoms with van der Waals surface area (Å²) in [4.78, 5) is 4.31. The first-order valence-corrected chi connectivity index (χ1v) is 6.78. The lowest BCUT2D eigenvalue weighted by molar-refractivity contribution is 0.354. The molecule has 108 valence electrons. The molecule has 0 saturated carbocycles. The highest BCUT2D eigenvalue weighted by atomic mass is 16.5. The Kier molecular flexibility index (Phi) is 3.63. The summed E-state index contributed by atoms with van der Waals surface area (Å²) in [6.45, 7) is 0. The topological polar surface area (TPSA) is 55.1 Å². The summed E-state index contributed by atoms with van der Waals surface area (Å²) in [6.07, 6.45) is 1.77. The Labute approximate surface area is 128 Å². The second-order valence-corrected chi connectivity index (χ2v) is 4.78. The zero-order valence-corrected chi connectivity index (χ0v) is 12.3. The van der Waals surface area contributed by atoms with E-state index in [-0.39, 0.29) is 0 Å². The van der Waals surface area contributed by atoms with E-state index in [2.05, 4.69) is 11.1 Å². The van der Waals surface area contributed by atoms with Gasteiger partial charge in [-0.05, 0) is 41.5 Å². The number of pyridine rings is 1. The average molecular weight is 290 g/mol. The minimum Gasteiger partial charge on any atom is -0.493 e. The van der Waals surface area contributed by atoms with Crippen molar-refractivity contribution < 1.29 is 9.47 Å². The maximum absolute atomic E-state index is 9.32. The molecule has 0 radical (unpaired) electrons. The van der Waals surface area contributed by atoms with Gasteiger partial charge in [0.25, 0.3) is 0 Å². The SMILES string of the molecule is COc1cc(-c2ccc3ncccc3c2)cc(C#N)c1OC. The Morgan fingerprint density at radius 2 is 1.86 bits per heavy atom. The number of fused-ring (bicyclic) bond motifs is 1. The molecule has 4 heteroatoms. The molecule has 0 spiro atoms. The Hall–Kier alpha value is -3.06. The first-order chi connectivity index (χ1) is 10.8. The smallest absolute Gasteiger partial charge is 0.178 e. The van der Waals surface area contributed by atoms with Crippen molar-refractivity contribution in [3.63, 3.8) is 0 Å². The van der Waals surface area contributed by atoms with Gasteiger partial charge in [-0.1, -0.05) is 12.1 Å². The molecule has 3 rings (SSSR count). The first kappa shape index (κ1) is 13.9. The number of aromatic nitrogens is 1. The predicted octanol–water partition coefficient (Wildman–Crippen LogP) is 3.79. The third kappa shape index (κ3) is 2.33. The van der Waals surface area contributed by atoms with Gasteiger partial charge in [0.05, 0.1) is 25.3 Å². The molecule has 1 aromatic heterocycles. The molecule has 4 nitrogen and oxygen atoms in total. The fraction of sp³-hybridized carbons (Fsp3) is 0.111. The van der Waals surface area contributed by atoms with Gasteiger partial charge >= 0.3 is 0 Å². The summed E-state index contributed by atoms with van der Waals surface area (Å²) < 4.78 is 10.6. The first-order valence-electron chi connectivity index (χ1n) is 6.78. The van der Waals surface area contributed by atoms with Crippen LogP contribution in [0.4, 0.5) is 0 Å². The fourth-order valence-corrected chi connectivity index (χ4v) is 2.47. The number of rotatable bonds is 3. The molecule has 0 unspecified atom stereocenters. The van der Waals surface area contributed by atoms with Crippen molar-refractivity contribution in [2.75, 3.05) is 14.2 Å². The van der Waals surface area contributed by atoms with E-state index in [9.17, 15) is 5.26 Å². The van der Waals surface area contributed by atoms with Crippen LogP contribution in [0.2, 0.25) is 0 Å². The third-order valence-corrected chi connectivity index (χ3v) is 3.54. The number of ether oxygens (including phenoxy) is 2. The summed E-state index contributed by atoms with van der Waals surface area (Å²) in [5, 5.41) is 10.4. The summed E-state index contributed by atoms with van der Waals surface area (Å²) in [5.74, 6) is 0.999. The Morgan fingerprint density at radius 1 is 1.00 bits per heavy atom. The van der Waals surface area contributed by atoms with Gasteiger partial charge in [0.15, 0.2) is 11.5 Å². The predicted molar refractivity (Wildman–Crippen MR) is 85.0 cm³/mol. The van der Waals surface area contributed by atoms with Gasteiger partial charge in [0.1, 0.15) is 6.07 Å². The van der Waals surface area contributed by atoms with Gasteiger partial charge in [-0.25, -0.2) is 0 Å². The fourth-order valence-electron chi connectivity index (χ4n) is 2.47. The minimum atomic E-state index is 0.447. The third-order valence-electron chi connectivity index (χ3n) is 3.54. The second kappa shape index (κ2) is 5.74. The Morgan fingerprint density at radius 3 is 2.59 bits per heavy atom. The van der Waals surface area contributed by atoms with E-state index in [0.29, 0.717) is 17.1 Å². The van der Waals surface area contributed by atoms with Crippen LogP contribution >= 0.6 is 0 Å². The largest absolute Gasteiger partial charge is 0.493 e. The molecule has 1 heterocycles. The normalized spacial score (nSPS) is 10.2. The van der Waals surface area contributed by atoms with Gasteiger partial charge in [0, 0.05) is 11.6 Å². The molecule has 0 N–H and O–H groups in total. The van der Waals surface area contributed by atoms with Crippen molar-refractivity contribution in [3.8, 4) is 28.7 Å². The van der Waals surface area contributed by atoms with Crippen molar-refractivity contribution in [1.29, 1.82) is 5.26 Å². The molecule has 0 saturated heterocycles. The lowest BCUT2D eigenvalue weighted by atomic mass is 10.0. The summed E-state index contributed by atoms with van der Waals surface area (Å²) in [5.41, 5.74) is 3.29. The van der Waals surface area contributed by atoms with Gasteiger partial charge in [-0.2, -0.15) is 5.26 Å². The van der Waals surface area contributed by atoms with Crippen LogP contribution in [0.3, 0.4) is 0 Å². The summed E-state index contributed by atoms with van der Waals surface area (Å²) >= 11 is 0. The molecule has 22 heavy (non-hydrogen) atoms. The summed E-state index contributed by atoms with van der Waals surface area (Å²) in [6, 6.07) is 15.7. The van der Waals surface area contributed by atoms with Gasteiger partial charge in [-0.15, -0.1) is 0 Å². The van der Waals surface area contributed by atoms with Crippen LogP contribution in [0, 0.1) is 11.3 Å². The number of methoxy groups -OCH3 is 2. The number of benzene rings is 2. The van der Waals surface area contributed by atoms with Crippen LogP contribution in [0.5, 0.6) is 11.5 Å². The van der Waals surface area contributed by atoms with E-state index >= 15 is 0 Å². The van der Waals surface area contributed by atoms with Crippen LogP contribution in [-0.2, 0) is 0 Å². The number of hydrogen-bond acceptors (Lipinski definition) is 4. The van der Waals surface area contributed by atoms with Crippen LogP contribution < -0.4 is 9.47 Å². The van der Waals surface area contributed by atoms with E-state index in [1.54, 1.807) is 19.4 Å². The zero-order chi connectivity index (χ0) is 15.5. The average Bonchev–Trinajstić information content (AvgIpc) is 2.59. The van der Waals surface area contributed by atoms with Crippen molar-refractivity contribution in [2.24, 2.45) is 0 Å². The molecule has 2 aromatic carbocycles. The monoisotopic (exact) mass is 290 g/mol. The molecule has 0 bridgehead atoms. The van der Waals surface area contributed by atoms with Crippen molar-refractivity contribution in [1.82, 2.24) is 4.98 Å². The van der Waals surface area contributed by atoms with E-state index in [0.717, 1.165) is 22.0 Å². The van der Waals surface area contributed by atoms with E-state index < -0.39 is 0 Å². The molecule has 3 aromatic rings. The highest BCUT2D eigenvalue weighted by Gasteiger charge is 2.13. The van der Waals surface area contributed by atoms with Crippen LogP contribution in [0.25, 0.3) is 22.0 Å². The molecule has 0 amide bonds. The number of nitriles is 1. The van der Waals surface area contributed by atoms with Crippen molar-refractivity contribution >= 4 is 10.9 Å². The van der Waals surface area contributed by atoms with Gasteiger partial charge in [0.2, 0.25) is 0 Å². The zero-order valence-electron chi connectivity index (χ0n) is 12.3. The van der Waals surface area contributed by atoms with E-state index in [1.165, 1.54) is 7.11 Å². The quantitative estimate of drug-likeness (QED) is 0.736. The molecule has 0 atom stereocenters. The maximum atomic E-state index is 9.32. The highest BCUT2D eigenvalue weighted by Crippen LogP contribution is 2.36. The summed E-state index contributed by atoms with van der Waals surface area (Å²) in [7, 11) is 3.09. The molecular weight excluding hydrogens is 276 g/mol. The van der Waals surface area contributed by atoms with E-state index in [4.69, 9.17) is 9.47 Å². The lowest BCUT2D eigenvalue weighted by Crippen LogP contribution is -1.95. The van der Waals surface area contributed by atoms with Crippen LogP contribution in [0.1, 0.15) is 5.56 Å². The molecule has 0 aliphatic heterocycles. The van der Waals surface area contributed by atoms with E-state index in [1.807, 2.05) is 36.4 Å². The van der Waals surface area contributed by atoms with Crippen LogP contribution in [-0.4, -0.2) is 19.2 Å². The molecular formula is C18H14N2O2. The standard InChI is InChI=1S/C18H14N2O2/c1-21-17-10-14(9-15(11-19)18(17)22-2)12-5-6-16-13(8-12)4-3-7-20-16/h3-10H,1-2H3. The van der Waals surface area contributed by atoms with Gasteiger partial charge < -0.3 is 9.47 Å². The molecule has 0 aliphatic carbocycles. The Balaban J connectivity index is 2.19. The molecule has 0 fully saturated rings. The van der Waals surface area contributed by atoms with Crippen molar-refractivity contribution in [3.05, 3.63) is 54.2 Å². The highest BCUT2D eigenvalue weighted by molar-refractivity contribution is 5.85. The van der Waals surface area contributed by atoms with Crippen LogP contribution in [0.15, 0.2) is 48.7 Å². The number of hydrogen-bond donors (Lipinski definition) is 0.